The number of amides is 1. The van der Waals surface area contributed by atoms with Crippen LogP contribution in [0.2, 0.25) is 0 Å². The van der Waals surface area contributed by atoms with Crippen LogP contribution in [0.15, 0.2) is 0 Å². The van der Waals surface area contributed by atoms with Crippen LogP contribution >= 0.6 is 0 Å². The number of carbonyl (C=O) groups excluding carboxylic acids is 1. The summed E-state index contributed by atoms with van der Waals surface area (Å²) in [5.41, 5.74) is 2.16. The van der Waals surface area contributed by atoms with Gasteiger partial charge < -0.3 is 9.64 Å². The molecule has 0 aromatic carbocycles. The van der Waals surface area contributed by atoms with Gasteiger partial charge in [0.2, 0.25) is 0 Å². The zero-order chi connectivity index (χ0) is 13.0. The molecule has 3 N–H and O–H groups in total. The fourth-order valence-corrected chi connectivity index (χ4v) is 3.18. The van der Waals surface area contributed by atoms with Crippen LogP contribution in [0.25, 0.3) is 0 Å². The Morgan fingerprint density at radius 3 is 2.67 bits per heavy atom. The van der Waals surface area contributed by atoms with Gasteiger partial charge in [0, 0.05) is 13.1 Å². The van der Waals surface area contributed by atoms with Gasteiger partial charge in [-0.3, -0.25) is 10.2 Å². The molecular weight excluding hydrogens is 230 g/mol. The second kappa shape index (κ2) is 6.50. The van der Waals surface area contributed by atoms with Gasteiger partial charge in [-0.1, -0.05) is 12.8 Å². The van der Waals surface area contributed by atoms with E-state index >= 15 is 0 Å². The van der Waals surface area contributed by atoms with E-state index in [4.69, 9.17) is 10.6 Å². The van der Waals surface area contributed by atoms with Crippen molar-refractivity contribution in [3.8, 4) is 0 Å². The SMILES string of the molecule is CN(CC1CCCC1)CC1CCC(C(=O)NN)O1. The lowest BCUT2D eigenvalue weighted by Gasteiger charge is -2.24. The second-order valence-electron chi connectivity index (χ2n) is 5.70. The minimum absolute atomic E-state index is 0.179. The molecule has 1 saturated heterocycles. The van der Waals surface area contributed by atoms with Gasteiger partial charge in [0.1, 0.15) is 6.10 Å². The summed E-state index contributed by atoms with van der Waals surface area (Å²) in [4.78, 5) is 13.7. The predicted octanol–water partition coefficient (Wildman–Crippen LogP) is 0.646. The average molecular weight is 255 g/mol. The van der Waals surface area contributed by atoms with Gasteiger partial charge in [-0.25, -0.2) is 5.84 Å². The molecule has 0 bridgehead atoms. The number of nitrogens with two attached hydrogens (primary N) is 1. The smallest absolute Gasteiger partial charge is 0.263 e. The molecule has 5 heteroatoms. The van der Waals surface area contributed by atoms with Crippen LogP contribution in [0.5, 0.6) is 0 Å². The van der Waals surface area contributed by atoms with E-state index in [1.807, 2.05) is 0 Å². The molecule has 2 atom stereocenters. The fourth-order valence-electron chi connectivity index (χ4n) is 3.18. The van der Waals surface area contributed by atoms with Crippen LogP contribution in [-0.4, -0.2) is 43.2 Å². The van der Waals surface area contributed by atoms with Crippen molar-refractivity contribution < 1.29 is 9.53 Å². The maximum Gasteiger partial charge on any atom is 0.263 e. The van der Waals surface area contributed by atoms with Gasteiger partial charge in [0.05, 0.1) is 6.10 Å². The van der Waals surface area contributed by atoms with Crippen LogP contribution in [0, 0.1) is 5.92 Å². The minimum atomic E-state index is -0.347. The molecule has 2 aliphatic rings. The zero-order valence-electron chi connectivity index (χ0n) is 11.2. The lowest BCUT2D eigenvalue weighted by atomic mass is 10.1. The van der Waals surface area contributed by atoms with E-state index in [1.165, 1.54) is 25.7 Å². The number of hydrogen-bond acceptors (Lipinski definition) is 4. The predicted molar refractivity (Wildman–Crippen MR) is 69.7 cm³/mol. The Bertz CT molecular complexity index is 279. The Morgan fingerprint density at radius 1 is 1.28 bits per heavy atom. The highest BCUT2D eigenvalue weighted by Gasteiger charge is 2.31. The van der Waals surface area contributed by atoms with Gasteiger partial charge in [-0.15, -0.1) is 0 Å². The molecule has 0 aromatic rings. The molecule has 2 fully saturated rings. The molecule has 1 saturated carbocycles. The number of likely N-dealkylation sites (N-methyl/N-ethyl adjacent to an activating group) is 1. The summed E-state index contributed by atoms with van der Waals surface area (Å²) < 4.78 is 5.72. The van der Waals surface area contributed by atoms with E-state index in [0.717, 1.165) is 31.8 Å². The summed E-state index contributed by atoms with van der Waals surface area (Å²) in [5, 5.41) is 0. The Kier molecular flexibility index (Phi) is 4.97. The summed E-state index contributed by atoms with van der Waals surface area (Å²) in [6.45, 7) is 2.08. The minimum Gasteiger partial charge on any atom is -0.364 e. The van der Waals surface area contributed by atoms with Crippen molar-refractivity contribution in [3.05, 3.63) is 0 Å². The fraction of sp³-hybridized carbons (Fsp3) is 0.923. The lowest BCUT2D eigenvalue weighted by molar-refractivity contribution is -0.132. The highest BCUT2D eigenvalue weighted by atomic mass is 16.5. The summed E-state index contributed by atoms with van der Waals surface area (Å²) in [7, 11) is 2.15. The standard InChI is InChI=1S/C13H25N3O2/c1-16(8-10-4-2-3-5-10)9-11-6-7-12(18-11)13(17)15-14/h10-12H,2-9,14H2,1H3,(H,15,17). The van der Waals surface area contributed by atoms with E-state index in [2.05, 4.69) is 17.4 Å². The topological polar surface area (TPSA) is 67.6 Å². The highest BCUT2D eigenvalue weighted by molar-refractivity contribution is 5.80. The maximum absolute atomic E-state index is 11.3. The van der Waals surface area contributed by atoms with Gasteiger partial charge in [-0.05, 0) is 38.6 Å². The van der Waals surface area contributed by atoms with Crippen molar-refractivity contribution in [1.82, 2.24) is 10.3 Å². The molecular formula is C13H25N3O2. The Morgan fingerprint density at radius 2 is 2.00 bits per heavy atom. The quantitative estimate of drug-likeness (QED) is 0.430. The van der Waals surface area contributed by atoms with Gasteiger partial charge in [0.15, 0.2) is 0 Å². The third-order valence-corrected chi connectivity index (χ3v) is 4.10. The molecule has 2 rings (SSSR count). The second-order valence-corrected chi connectivity index (χ2v) is 5.70. The van der Waals surface area contributed by atoms with E-state index in [1.54, 1.807) is 0 Å². The van der Waals surface area contributed by atoms with Crippen molar-refractivity contribution in [2.45, 2.75) is 50.7 Å². The summed E-state index contributed by atoms with van der Waals surface area (Å²) >= 11 is 0. The maximum atomic E-state index is 11.3. The molecule has 2 unspecified atom stereocenters. The molecule has 0 aromatic heterocycles. The van der Waals surface area contributed by atoms with E-state index < -0.39 is 0 Å². The normalized spacial score (nSPS) is 29.1. The van der Waals surface area contributed by atoms with Crippen molar-refractivity contribution in [2.75, 3.05) is 20.1 Å². The van der Waals surface area contributed by atoms with Gasteiger partial charge >= 0.3 is 0 Å². The molecule has 1 aliphatic carbocycles. The van der Waals surface area contributed by atoms with Crippen LogP contribution in [0.4, 0.5) is 0 Å². The number of nitrogens with zero attached hydrogens (tertiary/aromatic N) is 1. The summed E-state index contributed by atoms with van der Waals surface area (Å²) in [6, 6.07) is 0. The average Bonchev–Trinajstić information content (AvgIpc) is 2.99. The van der Waals surface area contributed by atoms with E-state index in [-0.39, 0.29) is 18.1 Å². The van der Waals surface area contributed by atoms with Gasteiger partial charge in [-0.2, -0.15) is 0 Å². The van der Waals surface area contributed by atoms with Crippen molar-refractivity contribution >= 4 is 5.91 Å². The number of nitrogens with one attached hydrogen (secondary N) is 1. The molecule has 5 nitrogen and oxygen atoms in total. The molecule has 1 aliphatic heterocycles. The van der Waals surface area contributed by atoms with Crippen molar-refractivity contribution in [3.63, 3.8) is 0 Å². The molecule has 1 amide bonds. The van der Waals surface area contributed by atoms with E-state index in [0.29, 0.717) is 0 Å². The van der Waals surface area contributed by atoms with Crippen LogP contribution in [-0.2, 0) is 9.53 Å². The first kappa shape index (κ1) is 13.8. The van der Waals surface area contributed by atoms with Crippen LogP contribution < -0.4 is 11.3 Å². The first-order valence-corrected chi connectivity index (χ1v) is 7.03. The molecule has 0 spiro atoms. The summed E-state index contributed by atoms with van der Waals surface area (Å²) in [5.74, 6) is 5.78. The molecule has 0 radical (unpaired) electrons. The largest absolute Gasteiger partial charge is 0.364 e. The van der Waals surface area contributed by atoms with Crippen LogP contribution in [0.1, 0.15) is 38.5 Å². The van der Waals surface area contributed by atoms with Crippen molar-refractivity contribution in [1.29, 1.82) is 0 Å². The summed E-state index contributed by atoms with van der Waals surface area (Å²) in [6.07, 6.45) is 7.08. The number of ether oxygens (including phenoxy) is 1. The number of rotatable bonds is 5. The molecule has 1 heterocycles. The third kappa shape index (κ3) is 3.67. The lowest BCUT2D eigenvalue weighted by Crippen LogP contribution is -2.40. The first-order chi connectivity index (χ1) is 8.69. The zero-order valence-corrected chi connectivity index (χ0v) is 11.2. The number of carbonyl (C=O) groups is 1. The monoisotopic (exact) mass is 255 g/mol. The molecule has 104 valence electrons. The van der Waals surface area contributed by atoms with Crippen molar-refractivity contribution in [2.24, 2.45) is 11.8 Å². The Hall–Kier alpha value is -0.650. The van der Waals surface area contributed by atoms with Crippen LogP contribution in [0.3, 0.4) is 0 Å². The molecule has 18 heavy (non-hydrogen) atoms. The van der Waals surface area contributed by atoms with E-state index in [9.17, 15) is 4.79 Å². The Labute approximate surface area is 109 Å². The number of hydrazine groups is 1. The third-order valence-electron chi connectivity index (χ3n) is 4.10. The number of hydrogen-bond donors (Lipinski definition) is 2. The first-order valence-electron chi connectivity index (χ1n) is 7.03. The van der Waals surface area contributed by atoms with Gasteiger partial charge in [0.25, 0.3) is 5.91 Å². The highest BCUT2D eigenvalue weighted by Crippen LogP contribution is 2.26. The Balaban J connectivity index is 1.68.